The third kappa shape index (κ3) is 6.18. The molecule has 8 heteroatoms. The fraction of sp³-hybridized carbons (Fsp3) is 0.281. The maximum absolute atomic E-state index is 11.9. The van der Waals surface area contributed by atoms with E-state index in [2.05, 4.69) is 38.5 Å². The zero-order valence-electron chi connectivity index (χ0n) is 23.4. The standard InChI is InChI=1S/C32H33BrN4O3/c1-21-28(35-31(39-21)24-9-8-10-25(33)17-24)19-37(20-30-34-27-11-6-7-12-29(27)36(30)5)18-23-13-15-26(16-14-23)40-32(3,4)22(2)38/h6-17H,18-20H2,1-5H3. The van der Waals surface area contributed by atoms with Gasteiger partial charge in [0.15, 0.2) is 11.4 Å². The molecule has 0 bridgehead atoms. The molecule has 0 atom stereocenters. The fourth-order valence-corrected chi connectivity index (χ4v) is 4.92. The molecule has 0 aliphatic rings. The number of ketones is 1. The van der Waals surface area contributed by atoms with E-state index >= 15 is 0 Å². The number of para-hydroxylation sites is 2. The maximum atomic E-state index is 11.9. The molecule has 0 saturated carbocycles. The average Bonchev–Trinajstić information content (AvgIpc) is 3.44. The summed E-state index contributed by atoms with van der Waals surface area (Å²) in [7, 11) is 2.05. The minimum absolute atomic E-state index is 0.0181. The van der Waals surface area contributed by atoms with Crippen LogP contribution >= 0.6 is 15.9 Å². The highest BCUT2D eigenvalue weighted by molar-refractivity contribution is 9.10. The van der Waals surface area contributed by atoms with Crippen molar-refractivity contribution in [3.63, 3.8) is 0 Å². The third-order valence-corrected chi connectivity index (χ3v) is 7.63. The van der Waals surface area contributed by atoms with Crippen LogP contribution < -0.4 is 4.74 Å². The number of fused-ring (bicyclic) bond motifs is 1. The van der Waals surface area contributed by atoms with Crippen LogP contribution in [0.25, 0.3) is 22.5 Å². The van der Waals surface area contributed by atoms with Crippen LogP contribution in [0.15, 0.2) is 81.7 Å². The topological polar surface area (TPSA) is 73.4 Å². The first-order chi connectivity index (χ1) is 19.1. The van der Waals surface area contributed by atoms with E-state index in [1.54, 1.807) is 20.8 Å². The highest BCUT2D eigenvalue weighted by Crippen LogP contribution is 2.27. The molecule has 0 radical (unpaired) electrons. The third-order valence-electron chi connectivity index (χ3n) is 7.13. The Morgan fingerprint density at radius 2 is 1.75 bits per heavy atom. The predicted octanol–water partition coefficient (Wildman–Crippen LogP) is 7.25. The second kappa shape index (κ2) is 11.4. The van der Waals surface area contributed by atoms with E-state index < -0.39 is 5.60 Å². The molecule has 5 rings (SSSR count). The number of benzene rings is 3. The van der Waals surface area contributed by atoms with E-state index in [9.17, 15) is 4.79 Å². The summed E-state index contributed by atoms with van der Waals surface area (Å²) in [6.45, 7) is 8.94. The first-order valence-electron chi connectivity index (χ1n) is 13.2. The van der Waals surface area contributed by atoms with E-state index in [1.807, 2.05) is 73.7 Å². The first kappa shape index (κ1) is 27.8. The molecule has 0 saturated heterocycles. The highest BCUT2D eigenvalue weighted by Gasteiger charge is 2.25. The number of rotatable bonds is 10. The zero-order chi connectivity index (χ0) is 28.4. The molecule has 206 valence electrons. The summed E-state index contributed by atoms with van der Waals surface area (Å²) in [5.41, 5.74) is 4.13. The van der Waals surface area contributed by atoms with Gasteiger partial charge in [0.2, 0.25) is 5.89 Å². The molecule has 2 aromatic heterocycles. The SMILES string of the molecule is CC(=O)C(C)(C)Oc1ccc(CN(Cc2nc(-c3cccc(Br)c3)oc2C)Cc2nc3ccccc3n2C)cc1. The number of ether oxygens (including phenoxy) is 1. The van der Waals surface area contributed by atoms with Crippen LogP contribution in [0.1, 0.15) is 43.6 Å². The summed E-state index contributed by atoms with van der Waals surface area (Å²) in [4.78, 5) is 24.0. The highest BCUT2D eigenvalue weighted by atomic mass is 79.9. The lowest BCUT2D eigenvalue weighted by atomic mass is 10.1. The van der Waals surface area contributed by atoms with Gasteiger partial charge in [-0.15, -0.1) is 0 Å². The van der Waals surface area contributed by atoms with Crippen molar-refractivity contribution in [2.75, 3.05) is 0 Å². The van der Waals surface area contributed by atoms with Crippen LogP contribution in [0.4, 0.5) is 0 Å². The van der Waals surface area contributed by atoms with Gasteiger partial charge in [0.05, 0.1) is 23.3 Å². The average molecular weight is 602 g/mol. The molecular formula is C32H33BrN4O3. The number of aryl methyl sites for hydroxylation is 2. The lowest BCUT2D eigenvalue weighted by molar-refractivity contribution is -0.129. The van der Waals surface area contributed by atoms with E-state index in [0.717, 1.165) is 43.9 Å². The van der Waals surface area contributed by atoms with Crippen LogP contribution in [0.5, 0.6) is 5.75 Å². The second-order valence-corrected chi connectivity index (χ2v) is 11.5. The molecule has 0 aliphatic carbocycles. The number of oxazole rings is 1. The van der Waals surface area contributed by atoms with Crippen molar-refractivity contribution in [2.45, 2.75) is 52.9 Å². The molecule has 0 aliphatic heterocycles. The van der Waals surface area contributed by atoms with Crippen LogP contribution in [-0.4, -0.2) is 30.8 Å². The summed E-state index contributed by atoms with van der Waals surface area (Å²) >= 11 is 3.54. The molecule has 0 amide bonds. The van der Waals surface area contributed by atoms with Gasteiger partial charge in [0.1, 0.15) is 17.3 Å². The van der Waals surface area contributed by atoms with E-state index in [1.165, 1.54) is 0 Å². The van der Waals surface area contributed by atoms with Crippen LogP contribution in [0, 0.1) is 6.92 Å². The first-order valence-corrected chi connectivity index (χ1v) is 14.0. The molecule has 2 heterocycles. The fourth-order valence-electron chi connectivity index (χ4n) is 4.52. The normalized spacial score (nSPS) is 11.9. The van der Waals surface area contributed by atoms with Gasteiger partial charge in [0, 0.05) is 30.2 Å². The number of Topliss-reactive ketones (excluding diaryl/α,β-unsaturated/α-hetero) is 1. The summed E-state index contributed by atoms with van der Waals surface area (Å²) in [5.74, 6) is 3.01. The minimum atomic E-state index is -0.871. The van der Waals surface area contributed by atoms with Crippen molar-refractivity contribution in [3.8, 4) is 17.2 Å². The van der Waals surface area contributed by atoms with E-state index in [-0.39, 0.29) is 5.78 Å². The summed E-state index contributed by atoms with van der Waals surface area (Å²) < 4.78 is 15.1. The number of nitrogens with zero attached hydrogens (tertiary/aromatic N) is 4. The molecular weight excluding hydrogens is 568 g/mol. The van der Waals surface area contributed by atoms with Gasteiger partial charge in [-0.05, 0) is 75.7 Å². The molecule has 0 fully saturated rings. The lowest BCUT2D eigenvalue weighted by Crippen LogP contribution is -2.36. The Balaban J connectivity index is 1.42. The van der Waals surface area contributed by atoms with Gasteiger partial charge < -0.3 is 13.7 Å². The maximum Gasteiger partial charge on any atom is 0.226 e. The van der Waals surface area contributed by atoms with Crippen molar-refractivity contribution >= 4 is 32.7 Å². The number of carbonyl (C=O) groups excluding carboxylic acids is 1. The summed E-state index contributed by atoms with van der Waals surface area (Å²) in [5, 5.41) is 0. The smallest absolute Gasteiger partial charge is 0.226 e. The quantitative estimate of drug-likeness (QED) is 0.168. The Kier molecular flexibility index (Phi) is 7.92. The lowest BCUT2D eigenvalue weighted by Gasteiger charge is -2.24. The molecule has 7 nitrogen and oxygen atoms in total. The Labute approximate surface area is 242 Å². The summed E-state index contributed by atoms with van der Waals surface area (Å²) in [6.07, 6.45) is 0. The molecule has 40 heavy (non-hydrogen) atoms. The monoisotopic (exact) mass is 600 g/mol. The molecule has 5 aromatic rings. The van der Waals surface area contributed by atoms with Crippen LogP contribution in [-0.2, 0) is 31.5 Å². The number of aromatic nitrogens is 3. The van der Waals surface area contributed by atoms with Crippen molar-refractivity contribution < 1.29 is 13.9 Å². The van der Waals surface area contributed by atoms with Gasteiger partial charge in [-0.3, -0.25) is 9.69 Å². The number of hydrogen-bond donors (Lipinski definition) is 0. The van der Waals surface area contributed by atoms with Crippen molar-refractivity contribution in [1.82, 2.24) is 19.4 Å². The van der Waals surface area contributed by atoms with Gasteiger partial charge in [-0.2, -0.15) is 0 Å². The van der Waals surface area contributed by atoms with Crippen molar-refractivity contribution in [2.24, 2.45) is 7.05 Å². The molecule has 0 unspecified atom stereocenters. The Morgan fingerprint density at radius 3 is 2.45 bits per heavy atom. The largest absolute Gasteiger partial charge is 0.480 e. The Bertz CT molecular complexity index is 1650. The van der Waals surface area contributed by atoms with Gasteiger partial charge in [0.25, 0.3) is 0 Å². The summed E-state index contributed by atoms with van der Waals surface area (Å²) in [6, 6.07) is 24.0. The van der Waals surface area contributed by atoms with Gasteiger partial charge in [-0.25, -0.2) is 9.97 Å². The van der Waals surface area contributed by atoms with E-state index in [0.29, 0.717) is 31.3 Å². The Morgan fingerprint density at radius 1 is 1.00 bits per heavy atom. The minimum Gasteiger partial charge on any atom is -0.480 e. The second-order valence-electron chi connectivity index (χ2n) is 10.6. The molecule has 0 spiro atoms. The molecule has 0 N–H and O–H groups in total. The van der Waals surface area contributed by atoms with E-state index in [4.69, 9.17) is 19.1 Å². The number of carbonyl (C=O) groups is 1. The number of imidazole rings is 1. The number of halogens is 1. The predicted molar refractivity (Wildman–Crippen MR) is 160 cm³/mol. The van der Waals surface area contributed by atoms with Crippen LogP contribution in [0.3, 0.4) is 0 Å². The zero-order valence-corrected chi connectivity index (χ0v) is 25.0. The van der Waals surface area contributed by atoms with Crippen molar-refractivity contribution in [3.05, 3.63) is 100 Å². The number of hydrogen-bond acceptors (Lipinski definition) is 6. The van der Waals surface area contributed by atoms with Crippen LogP contribution in [0.2, 0.25) is 0 Å². The van der Waals surface area contributed by atoms with Crippen molar-refractivity contribution in [1.29, 1.82) is 0 Å². The Hall–Kier alpha value is -3.75. The molecule has 3 aromatic carbocycles. The van der Waals surface area contributed by atoms with Gasteiger partial charge >= 0.3 is 0 Å². The van der Waals surface area contributed by atoms with Gasteiger partial charge in [-0.1, -0.05) is 46.3 Å².